The van der Waals surface area contributed by atoms with Crippen LogP contribution >= 0.6 is 0 Å². The van der Waals surface area contributed by atoms with Crippen LogP contribution in [-0.4, -0.2) is 4.57 Å². The van der Waals surface area contributed by atoms with Crippen molar-refractivity contribution in [3.8, 4) is 34.0 Å². The first kappa shape index (κ1) is 26.6. The van der Waals surface area contributed by atoms with E-state index < -0.39 is 0 Å². The molecule has 0 aliphatic heterocycles. The lowest BCUT2D eigenvalue weighted by atomic mass is 9.85. The Kier molecular flexibility index (Phi) is 6.35. The number of hydrogen-bond acceptors (Lipinski definition) is 1. The molecule has 5 aromatic carbocycles. The van der Waals surface area contributed by atoms with Gasteiger partial charge in [0.05, 0.1) is 28.4 Å². The van der Waals surface area contributed by atoms with Crippen molar-refractivity contribution in [2.24, 2.45) is 0 Å². The highest BCUT2D eigenvalue weighted by Gasteiger charge is 2.24. The van der Waals surface area contributed by atoms with Gasteiger partial charge in [-0.05, 0) is 69.5 Å². The minimum atomic E-state index is 0.0308. The number of hydrogen-bond donors (Lipinski definition) is 0. The molecule has 1 aromatic heterocycles. The number of nitriles is 1. The summed E-state index contributed by atoms with van der Waals surface area (Å²) in [5, 5.41) is 12.6. The van der Waals surface area contributed by atoms with E-state index in [0.717, 1.165) is 39.0 Å². The first-order valence-corrected chi connectivity index (χ1v) is 14.3. The summed E-state index contributed by atoms with van der Waals surface area (Å²) in [5.74, 6) is 0. The van der Waals surface area contributed by atoms with Crippen LogP contribution in [0.5, 0.6) is 0 Å². The van der Waals surface area contributed by atoms with Gasteiger partial charge < -0.3 is 4.57 Å². The molecule has 6 aromatic rings. The molecule has 0 fully saturated rings. The molecule has 0 amide bonds. The van der Waals surface area contributed by atoms with Gasteiger partial charge in [-0.15, -0.1) is 0 Å². The van der Waals surface area contributed by atoms with Crippen molar-refractivity contribution in [3.63, 3.8) is 0 Å². The molecule has 0 unspecified atom stereocenters. The van der Waals surface area contributed by atoms with Crippen LogP contribution in [0.15, 0.2) is 109 Å². The first-order chi connectivity index (χ1) is 19.6. The van der Waals surface area contributed by atoms with Gasteiger partial charge in [-0.1, -0.05) is 114 Å². The quantitative estimate of drug-likeness (QED) is 0.223. The second-order valence-corrected chi connectivity index (χ2v) is 13.1. The van der Waals surface area contributed by atoms with E-state index in [1.807, 2.05) is 24.3 Å². The standard InChI is InChI=1S/C39H36N2/c1-38(2,3)29-17-19-35-33(23-29)34-24-30(39(4,5)6)18-20-36(34)41(35)37-31(27-13-9-7-10-14-27)21-26(25-40)22-32(37)28-15-11-8-12-16-28/h7-24H,1-6H3. The van der Waals surface area contributed by atoms with E-state index in [9.17, 15) is 5.26 Å². The van der Waals surface area contributed by atoms with E-state index in [1.165, 1.54) is 21.9 Å². The Labute approximate surface area is 243 Å². The highest BCUT2D eigenvalue weighted by Crippen LogP contribution is 2.43. The summed E-state index contributed by atoms with van der Waals surface area (Å²) in [6, 6.07) is 41.3. The molecular formula is C39H36N2. The van der Waals surface area contributed by atoms with Crippen molar-refractivity contribution in [1.29, 1.82) is 5.26 Å². The third-order valence-electron chi connectivity index (χ3n) is 8.13. The largest absolute Gasteiger partial charge is 0.308 e. The summed E-state index contributed by atoms with van der Waals surface area (Å²) in [4.78, 5) is 0. The van der Waals surface area contributed by atoms with Crippen LogP contribution in [0, 0.1) is 11.3 Å². The first-order valence-electron chi connectivity index (χ1n) is 14.3. The van der Waals surface area contributed by atoms with Crippen molar-refractivity contribution >= 4 is 21.8 Å². The van der Waals surface area contributed by atoms with Crippen LogP contribution in [-0.2, 0) is 10.8 Å². The van der Waals surface area contributed by atoms with Gasteiger partial charge in [0.2, 0.25) is 0 Å². The predicted octanol–water partition coefficient (Wildman–Crippen LogP) is 10.6. The highest BCUT2D eigenvalue weighted by molar-refractivity contribution is 6.11. The van der Waals surface area contributed by atoms with Crippen LogP contribution < -0.4 is 0 Å². The number of rotatable bonds is 3. The zero-order chi connectivity index (χ0) is 28.9. The number of nitrogens with zero attached hydrogens (tertiary/aromatic N) is 2. The van der Waals surface area contributed by atoms with E-state index in [4.69, 9.17) is 0 Å². The van der Waals surface area contributed by atoms with Crippen molar-refractivity contribution in [2.75, 3.05) is 0 Å². The number of aromatic nitrogens is 1. The average Bonchev–Trinajstić information content (AvgIpc) is 3.29. The molecule has 0 spiro atoms. The number of fused-ring (bicyclic) bond motifs is 3. The van der Waals surface area contributed by atoms with Gasteiger partial charge in [0.1, 0.15) is 0 Å². The highest BCUT2D eigenvalue weighted by atomic mass is 15.0. The molecule has 202 valence electrons. The third kappa shape index (κ3) is 4.72. The van der Waals surface area contributed by atoms with Crippen molar-refractivity contribution in [1.82, 2.24) is 4.57 Å². The Bertz CT molecular complexity index is 1810. The molecule has 0 saturated carbocycles. The Hall–Kier alpha value is -4.61. The second kappa shape index (κ2) is 9.79. The normalized spacial score (nSPS) is 12.1. The van der Waals surface area contributed by atoms with Crippen LogP contribution in [0.2, 0.25) is 0 Å². The van der Waals surface area contributed by atoms with Gasteiger partial charge in [0, 0.05) is 21.9 Å². The van der Waals surface area contributed by atoms with E-state index in [0.29, 0.717) is 5.56 Å². The summed E-state index contributed by atoms with van der Waals surface area (Å²) in [6.07, 6.45) is 0. The van der Waals surface area contributed by atoms with Gasteiger partial charge in [0.25, 0.3) is 0 Å². The van der Waals surface area contributed by atoms with E-state index >= 15 is 0 Å². The molecule has 41 heavy (non-hydrogen) atoms. The Morgan fingerprint density at radius 2 is 0.951 bits per heavy atom. The lowest BCUT2D eigenvalue weighted by Gasteiger charge is -2.21. The van der Waals surface area contributed by atoms with Gasteiger partial charge in [-0.3, -0.25) is 0 Å². The molecule has 0 N–H and O–H groups in total. The van der Waals surface area contributed by atoms with E-state index in [-0.39, 0.29) is 10.8 Å². The smallest absolute Gasteiger partial charge is 0.0992 e. The minimum absolute atomic E-state index is 0.0308. The average molecular weight is 533 g/mol. The van der Waals surface area contributed by atoms with Crippen molar-refractivity contribution < 1.29 is 0 Å². The molecule has 0 bridgehead atoms. The van der Waals surface area contributed by atoms with Gasteiger partial charge in [-0.25, -0.2) is 0 Å². The summed E-state index contributed by atoms with van der Waals surface area (Å²) >= 11 is 0. The van der Waals surface area contributed by atoms with Crippen molar-refractivity contribution in [3.05, 3.63) is 126 Å². The fourth-order valence-electron chi connectivity index (χ4n) is 5.81. The summed E-state index contributed by atoms with van der Waals surface area (Å²) in [7, 11) is 0. The molecule has 2 heteroatoms. The lowest BCUT2D eigenvalue weighted by molar-refractivity contribution is 0.590. The Balaban J connectivity index is 1.82. The number of benzene rings is 5. The lowest BCUT2D eigenvalue weighted by Crippen LogP contribution is -2.10. The third-order valence-corrected chi connectivity index (χ3v) is 8.13. The van der Waals surface area contributed by atoms with E-state index in [2.05, 4.69) is 137 Å². The SMILES string of the molecule is CC(C)(C)c1ccc2c(c1)c1cc(C(C)(C)C)ccc1n2-c1c(-c2ccccc2)cc(C#N)cc1-c1ccccc1. The van der Waals surface area contributed by atoms with Crippen LogP contribution in [0.25, 0.3) is 49.7 Å². The monoisotopic (exact) mass is 532 g/mol. The molecule has 0 aliphatic carbocycles. The predicted molar refractivity (Wildman–Crippen MR) is 174 cm³/mol. The van der Waals surface area contributed by atoms with E-state index in [1.54, 1.807) is 0 Å². The maximum Gasteiger partial charge on any atom is 0.0992 e. The fourth-order valence-corrected chi connectivity index (χ4v) is 5.81. The van der Waals surface area contributed by atoms with Crippen molar-refractivity contribution in [2.45, 2.75) is 52.4 Å². The molecule has 2 nitrogen and oxygen atoms in total. The maximum atomic E-state index is 10.1. The van der Waals surface area contributed by atoms with Crippen LogP contribution in [0.1, 0.15) is 58.2 Å². The Morgan fingerprint density at radius 1 is 0.537 bits per heavy atom. The molecule has 0 atom stereocenters. The molecule has 0 radical (unpaired) electrons. The van der Waals surface area contributed by atoms with Crippen LogP contribution in [0.3, 0.4) is 0 Å². The molecule has 1 heterocycles. The summed E-state index contributed by atoms with van der Waals surface area (Å²) < 4.78 is 2.43. The Morgan fingerprint density at radius 3 is 1.32 bits per heavy atom. The minimum Gasteiger partial charge on any atom is -0.308 e. The second-order valence-electron chi connectivity index (χ2n) is 13.1. The molecule has 6 rings (SSSR count). The fraction of sp³-hybridized carbons (Fsp3) is 0.205. The maximum absolute atomic E-state index is 10.1. The topological polar surface area (TPSA) is 28.7 Å². The zero-order valence-corrected chi connectivity index (χ0v) is 24.8. The summed E-state index contributed by atoms with van der Waals surface area (Å²) in [5.41, 5.74) is 11.0. The van der Waals surface area contributed by atoms with Gasteiger partial charge in [-0.2, -0.15) is 5.26 Å². The summed E-state index contributed by atoms with van der Waals surface area (Å²) in [6.45, 7) is 13.6. The van der Waals surface area contributed by atoms with Crippen LogP contribution in [0.4, 0.5) is 0 Å². The molecule has 0 saturated heterocycles. The molecular weight excluding hydrogens is 496 g/mol. The van der Waals surface area contributed by atoms with Gasteiger partial charge in [0.15, 0.2) is 0 Å². The zero-order valence-electron chi connectivity index (χ0n) is 24.8. The van der Waals surface area contributed by atoms with Gasteiger partial charge >= 0.3 is 0 Å². The molecule has 0 aliphatic rings.